The van der Waals surface area contributed by atoms with E-state index in [1.54, 1.807) is 0 Å². The summed E-state index contributed by atoms with van der Waals surface area (Å²) in [6, 6.07) is 6.45. The number of hydrogen-bond donors (Lipinski definition) is 1. The van der Waals surface area contributed by atoms with E-state index in [0.29, 0.717) is 11.1 Å². The minimum Gasteiger partial charge on any atom is -0.489 e. The Labute approximate surface area is 122 Å². The summed E-state index contributed by atoms with van der Waals surface area (Å²) < 4.78 is 5.64. The molecule has 0 spiro atoms. The van der Waals surface area contributed by atoms with Crippen molar-refractivity contribution in [3.63, 3.8) is 0 Å². The highest BCUT2D eigenvalue weighted by Gasteiger charge is 2.08. The number of ether oxygens (including phenoxy) is 1. The predicted octanol–water partition coefficient (Wildman–Crippen LogP) is 5.51. The van der Waals surface area contributed by atoms with Crippen LogP contribution in [0.5, 0.6) is 5.75 Å². The maximum Gasteiger partial charge on any atom is 0.138 e. The first-order valence-electron chi connectivity index (χ1n) is 7.29. The molecule has 0 bridgehead atoms. The summed E-state index contributed by atoms with van der Waals surface area (Å²) in [5.74, 6) is 0.754. The number of rotatable bonds is 8. The van der Waals surface area contributed by atoms with Crippen LogP contribution >= 0.6 is 11.6 Å². The molecule has 1 N–H and O–H groups in total. The molecule has 1 rings (SSSR count). The summed E-state index contributed by atoms with van der Waals surface area (Å²) in [4.78, 5) is 0. The Kier molecular flexibility index (Phi) is 7.07. The second-order valence-corrected chi connectivity index (χ2v) is 5.61. The second-order valence-electron chi connectivity index (χ2n) is 5.20. The zero-order chi connectivity index (χ0) is 14.3. The highest BCUT2D eigenvalue weighted by Crippen LogP contribution is 2.29. The summed E-state index contributed by atoms with van der Waals surface area (Å²) in [6.45, 7) is 8.44. The van der Waals surface area contributed by atoms with Gasteiger partial charge in [0.25, 0.3) is 0 Å². The quantitative estimate of drug-likeness (QED) is 0.679. The lowest BCUT2D eigenvalue weighted by Crippen LogP contribution is -2.18. The SMILES string of the molecule is CCCCC(CC)Nc1ccc(OC(C)C)c(Cl)c1. The van der Waals surface area contributed by atoms with Crippen LogP contribution in [0.15, 0.2) is 18.2 Å². The summed E-state index contributed by atoms with van der Waals surface area (Å²) >= 11 is 6.24. The molecule has 0 saturated heterocycles. The predicted molar refractivity (Wildman–Crippen MR) is 84.4 cm³/mol. The number of unbranched alkanes of at least 4 members (excludes halogenated alkanes) is 1. The van der Waals surface area contributed by atoms with Gasteiger partial charge in [-0.1, -0.05) is 38.3 Å². The van der Waals surface area contributed by atoms with Gasteiger partial charge in [0.2, 0.25) is 0 Å². The Balaban J connectivity index is 2.66. The molecule has 108 valence electrons. The van der Waals surface area contributed by atoms with Crippen LogP contribution in [0.25, 0.3) is 0 Å². The van der Waals surface area contributed by atoms with E-state index in [2.05, 4.69) is 19.2 Å². The van der Waals surface area contributed by atoms with Gasteiger partial charge in [0, 0.05) is 11.7 Å². The van der Waals surface area contributed by atoms with Crippen molar-refractivity contribution in [3.05, 3.63) is 23.2 Å². The van der Waals surface area contributed by atoms with Crippen molar-refractivity contribution in [3.8, 4) is 5.75 Å². The smallest absolute Gasteiger partial charge is 0.138 e. The third-order valence-electron chi connectivity index (χ3n) is 3.06. The van der Waals surface area contributed by atoms with Gasteiger partial charge in [-0.3, -0.25) is 0 Å². The van der Waals surface area contributed by atoms with Crippen LogP contribution in [0.3, 0.4) is 0 Å². The van der Waals surface area contributed by atoms with E-state index in [9.17, 15) is 0 Å². The molecule has 0 aliphatic carbocycles. The third kappa shape index (κ3) is 5.73. The van der Waals surface area contributed by atoms with Gasteiger partial charge in [-0.05, 0) is 44.9 Å². The van der Waals surface area contributed by atoms with E-state index < -0.39 is 0 Å². The molecule has 1 aromatic rings. The molecular formula is C16H26ClNO. The lowest BCUT2D eigenvalue weighted by Gasteiger charge is -2.19. The Hall–Kier alpha value is -0.890. The van der Waals surface area contributed by atoms with E-state index in [4.69, 9.17) is 16.3 Å². The molecular weight excluding hydrogens is 258 g/mol. The Morgan fingerprint density at radius 2 is 2.00 bits per heavy atom. The van der Waals surface area contributed by atoms with Crippen molar-refractivity contribution < 1.29 is 4.74 Å². The fourth-order valence-electron chi connectivity index (χ4n) is 2.00. The lowest BCUT2D eigenvalue weighted by atomic mass is 10.1. The number of anilines is 1. The zero-order valence-corrected chi connectivity index (χ0v) is 13.3. The Morgan fingerprint density at radius 3 is 2.53 bits per heavy atom. The van der Waals surface area contributed by atoms with Gasteiger partial charge in [0.15, 0.2) is 0 Å². The highest BCUT2D eigenvalue weighted by atomic mass is 35.5. The van der Waals surface area contributed by atoms with Crippen LogP contribution in [-0.4, -0.2) is 12.1 Å². The molecule has 0 fully saturated rings. The molecule has 1 unspecified atom stereocenters. The van der Waals surface area contributed by atoms with Crippen LogP contribution in [0, 0.1) is 0 Å². The molecule has 0 aromatic heterocycles. The molecule has 0 aliphatic heterocycles. The monoisotopic (exact) mass is 283 g/mol. The normalized spacial score (nSPS) is 12.5. The average molecular weight is 284 g/mol. The van der Waals surface area contributed by atoms with Crippen molar-refractivity contribution in [2.45, 2.75) is 65.5 Å². The van der Waals surface area contributed by atoms with Gasteiger partial charge in [-0.15, -0.1) is 0 Å². The number of hydrogen-bond acceptors (Lipinski definition) is 2. The van der Waals surface area contributed by atoms with Crippen molar-refractivity contribution in [2.24, 2.45) is 0 Å². The molecule has 1 aromatic carbocycles. The van der Waals surface area contributed by atoms with Crippen molar-refractivity contribution in [2.75, 3.05) is 5.32 Å². The van der Waals surface area contributed by atoms with Gasteiger partial charge in [-0.2, -0.15) is 0 Å². The van der Waals surface area contributed by atoms with Gasteiger partial charge < -0.3 is 10.1 Å². The van der Waals surface area contributed by atoms with Crippen molar-refractivity contribution in [1.82, 2.24) is 0 Å². The Bertz CT molecular complexity index is 379. The van der Waals surface area contributed by atoms with Gasteiger partial charge >= 0.3 is 0 Å². The summed E-state index contributed by atoms with van der Waals surface area (Å²) in [5.41, 5.74) is 1.07. The number of halogens is 1. The van der Waals surface area contributed by atoms with Crippen LogP contribution < -0.4 is 10.1 Å². The molecule has 0 amide bonds. The second kappa shape index (κ2) is 8.31. The van der Waals surface area contributed by atoms with E-state index in [-0.39, 0.29) is 6.10 Å². The molecule has 0 saturated carbocycles. The first kappa shape index (κ1) is 16.2. The van der Waals surface area contributed by atoms with E-state index >= 15 is 0 Å². The minimum absolute atomic E-state index is 0.143. The first-order valence-corrected chi connectivity index (χ1v) is 7.67. The number of benzene rings is 1. The van der Waals surface area contributed by atoms with Crippen LogP contribution in [-0.2, 0) is 0 Å². The van der Waals surface area contributed by atoms with Gasteiger partial charge in [-0.25, -0.2) is 0 Å². The minimum atomic E-state index is 0.143. The third-order valence-corrected chi connectivity index (χ3v) is 3.36. The zero-order valence-electron chi connectivity index (χ0n) is 12.5. The molecule has 19 heavy (non-hydrogen) atoms. The first-order chi connectivity index (χ1) is 9.06. The largest absolute Gasteiger partial charge is 0.489 e. The fraction of sp³-hybridized carbons (Fsp3) is 0.625. The fourth-order valence-corrected chi connectivity index (χ4v) is 2.23. The summed E-state index contributed by atoms with van der Waals surface area (Å²) in [6.07, 6.45) is 4.97. The Morgan fingerprint density at radius 1 is 1.26 bits per heavy atom. The van der Waals surface area contributed by atoms with Crippen LogP contribution in [0.1, 0.15) is 53.4 Å². The van der Waals surface area contributed by atoms with E-state index in [1.165, 1.54) is 19.3 Å². The van der Waals surface area contributed by atoms with Crippen molar-refractivity contribution in [1.29, 1.82) is 0 Å². The molecule has 2 nitrogen and oxygen atoms in total. The maximum absolute atomic E-state index is 6.24. The summed E-state index contributed by atoms with van der Waals surface area (Å²) in [7, 11) is 0. The van der Waals surface area contributed by atoms with Crippen LogP contribution in [0.4, 0.5) is 5.69 Å². The molecule has 0 heterocycles. The maximum atomic E-state index is 6.24. The molecule has 3 heteroatoms. The summed E-state index contributed by atoms with van der Waals surface area (Å²) in [5, 5.41) is 4.22. The topological polar surface area (TPSA) is 21.3 Å². The van der Waals surface area contributed by atoms with Gasteiger partial charge in [0.05, 0.1) is 11.1 Å². The standard InChI is InChI=1S/C16H26ClNO/c1-5-7-8-13(6-2)18-14-9-10-16(15(17)11-14)19-12(3)4/h9-13,18H,5-8H2,1-4H3. The highest BCUT2D eigenvalue weighted by molar-refractivity contribution is 6.32. The molecule has 1 atom stereocenters. The van der Waals surface area contributed by atoms with E-state index in [1.807, 2.05) is 32.0 Å². The van der Waals surface area contributed by atoms with E-state index in [0.717, 1.165) is 17.9 Å². The average Bonchev–Trinajstić information content (AvgIpc) is 2.37. The lowest BCUT2D eigenvalue weighted by molar-refractivity contribution is 0.242. The molecule has 0 radical (unpaired) electrons. The van der Waals surface area contributed by atoms with Crippen molar-refractivity contribution >= 4 is 17.3 Å². The number of nitrogens with one attached hydrogen (secondary N) is 1. The van der Waals surface area contributed by atoms with Gasteiger partial charge in [0.1, 0.15) is 5.75 Å². The molecule has 0 aliphatic rings. The van der Waals surface area contributed by atoms with Crippen LogP contribution in [0.2, 0.25) is 5.02 Å².